The van der Waals surface area contributed by atoms with Gasteiger partial charge >= 0.3 is 11.9 Å². The fraction of sp³-hybridized carbons (Fsp3) is 0.318. The molecule has 2 amide bonds. The molecule has 0 saturated carbocycles. The molecule has 188 valence electrons. The van der Waals surface area contributed by atoms with Gasteiger partial charge in [-0.15, -0.1) is 0 Å². The summed E-state index contributed by atoms with van der Waals surface area (Å²) in [5.74, 6) is -2.46. The zero-order valence-electron chi connectivity index (χ0n) is 18.6. The third-order valence-electron chi connectivity index (χ3n) is 6.23. The number of imidazole rings is 1. The first-order valence-electron chi connectivity index (χ1n) is 10.8. The molecule has 5 rings (SSSR count). The molecule has 5 heterocycles. The molecule has 0 unspecified atom stereocenters. The van der Waals surface area contributed by atoms with E-state index in [1.54, 1.807) is 0 Å². The summed E-state index contributed by atoms with van der Waals surface area (Å²) < 4.78 is 54.6. The Hall–Kier alpha value is -4.07. The number of fused-ring (bicyclic) bond motifs is 1. The van der Waals surface area contributed by atoms with Gasteiger partial charge < -0.3 is 15.5 Å². The van der Waals surface area contributed by atoms with Crippen molar-refractivity contribution in [3.05, 3.63) is 64.7 Å². The molecule has 0 spiro atoms. The number of nitrogens with zero attached hydrogens (tertiary/aromatic N) is 6. The van der Waals surface area contributed by atoms with Gasteiger partial charge in [-0.2, -0.15) is 13.2 Å². The second-order valence-electron chi connectivity index (χ2n) is 8.66. The minimum absolute atomic E-state index is 0.00390. The van der Waals surface area contributed by atoms with E-state index in [4.69, 9.17) is 5.73 Å². The van der Waals surface area contributed by atoms with Gasteiger partial charge in [0.1, 0.15) is 11.2 Å². The average molecular weight is 505 g/mol. The number of hydrogen-bond donors (Lipinski definition) is 1. The quantitative estimate of drug-likeness (QED) is 0.421. The lowest BCUT2D eigenvalue weighted by Crippen LogP contribution is -2.58. The van der Waals surface area contributed by atoms with Gasteiger partial charge in [-0.05, 0) is 18.2 Å². The number of carbonyl (C=O) groups is 2. The standard InChI is InChI=1S/C22H19F4N7O3/c1-11(23)19(34)31-9-14(10-31)32-17-15(20(35)30-7-12(27)8-30)4-5-28-18(17)33(21(32)36)13-2-3-16(29-6-13)22(24,25)26/h2-6,12,14H,1,7-10,27H2. The van der Waals surface area contributed by atoms with Gasteiger partial charge in [0.15, 0.2) is 11.5 Å². The first kappa shape index (κ1) is 23.7. The molecule has 10 nitrogen and oxygen atoms in total. The fourth-order valence-corrected chi connectivity index (χ4v) is 4.37. The number of pyridine rings is 2. The Morgan fingerprint density at radius 1 is 1.06 bits per heavy atom. The van der Waals surface area contributed by atoms with Gasteiger partial charge in [0.05, 0.1) is 23.5 Å². The summed E-state index contributed by atoms with van der Waals surface area (Å²) in [4.78, 5) is 49.0. The maximum Gasteiger partial charge on any atom is 0.433 e. The van der Waals surface area contributed by atoms with Gasteiger partial charge in [-0.1, -0.05) is 6.58 Å². The number of aromatic nitrogens is 4. The predicted molar refractivity (Wildman–Crippen MR) is 118 cm³/mol. The van der Waals surface area contributed by atoms with E-state index < -0.39 is 41.2 Å². The fourth-order valence-electron chi connectivity index (χ4n) is 4.37. The normalized spacial score (nSPS) is 16.7. The van der Waals surface area contributed by atoms with Crippen molar-refractivity contribution in [2.24, 2.45) is 5.73 Å². The molecule has 0 radical (unpaired) electrons. The van der Waals surface area contributed by atoms with Crippen LogP contribution in [-0.2, 0) is 11.0 Å². The summed E-state index contributed by atoms with van der Waals surface area (Å²) >= 11 is 0. The second kappa shape index (κ2) is 8.26. The zero-order valence-corrected chi connectivity index (χ0v) is 18.6. The molecule has 2 N–H and O–H groups in total. The average Bonchev–Trinajstić information content (AvgIpc) is 3.06. The highest BCUT2D eigenvalue weighted by molar-refractivity contribution is 6.05. The van der Waals surface area contributed by atoms with Crippen LogP contribution in [0.1, 0.15) is 22.1 Å². The Morgan fingerprint density at radius 2 is 1.75 bits per heavy atom. The van der Waals surface area contributed by atoms with Crippen molar-refractivity contribution in [3.63, 3.8) is 0 Å². The van der Waals surface area contributed by atoms with E-state index in [9.17, 15) is 31.9 Å². The SMILES string of the molecule is C=C(F)C(=O)N1CC(n2c(=O)n(-c3ccc(C(F)(F)F)nc3)c3nccc(C(=O)N4CC(N)C4)c32)C1. The van der Waals surface area contributed by atoms with E-state index in [0.29, 0.717) is 13.1 Å². The molecule has 3 aromatic rings. The van der Waals surface area contributed by atoms with Crippen molar-refractivity contribution >= 4 is 23.0 Å². The van der Waals surface area contributed by atoms with Crippen LogP contribution < -0.4 is 11.4 Å². The van der Waals surface area contributed by atoms with E-state index in [1.165, 1.54) is 21.7 Å². The molecule has 36 heavy (non-hydrogen) atoms. The van der Waals surface area contributed by atoms with Gasteiger partial charge in [0, 0.05) is 38.4 Å². The monoisotopic (exact) mass is 505 g/mol. The van der Waals surface area contributed by atoms with E-state index in [0.717, 1.165) is 27.8 Å². The summed E-state index contributed by atoms with van der Waals surface area (Å²) in [5.41, 5.74) is 4.27. The lowest BCUT2D eigenvalue weighted by molar-refractivity contribution is -0.141. The molecule has 14 heteroatoms. The Bertz CT molecular complexity index is 1450. The molecule has 0 atom stereocenters. The van der Waals surface area contributed by atoms with Crippen LogP contribution in [-0.4, -0.2) is 72.9 Å². The van der Waals surface area contributed by atoms with Crippen LogP contribution in [0.25, 0.3) is 16.9 Å². The van der Waals surface area contributed by atoms with Gasteiger partial charge in [0.2, 0.25) is 0 Å². The first-order valence-corrected chi connectivity index (χ1v) is 10.8. The largest absolute Gasteiger partial charge is 0.433 e. The highest BCUT2D eigenvalue weighted by Crippen LogP contribution is 2.31. The van der Waals surface area contributed by atoms with E-state index >= 15 is 0 Å². The van der Waals surface area contributed by atoms with E-state index in [2.05, 4.69) is 16.5 Å². The molecule has 2 aliphatic rings. The minimum Gasteiger partial charge on any atom is -0.335 e. The van der Waals surface area contributed by atoms with Crippen LogP contribution in [0.2, 0.25) is 0 Å². The number of carbonyl (C=O) groups excluding carboxylic acids is 2. The molecular weight excluding hydrogens is 486 g/mol. The molecule has 0 aromatic carbocycles. The number of alkyl halides is 3. The Kier molecular flexibility index (Phi) is 5.43. The van der Waals surface area contributed by atoms with Gasteiger partial charge in [-0.25, -0.2) is 23.7 Å². The summed E-state index contributed by atoms with van der Waals surface area (Å²) in [6, 6.07) is 2.44. The van der Waals surface area contributed by atoms with E-state index in [-0.39, 0.29) is 41.5 Å². The van der Waals surface area contributed by atoms with E-state index in [1.807, 2.05) is 0 Å². The third kappa shape index (κ3) is 3.73. The van der Waals surface area contributed by atoms with Crippen molar-refractivity contribution in [1.29, 1.82) is 0 Å². The van der Waals surface area contributed by atoms with Crippen LogP contribution >= 0.6 is 0 Å². The number of amides is 2. The summed E-state index contributed by atoms with van der Waals surface area (Å²) in [7, 11) is 0. The Labute approximate surface area is 200 Å². The molecule has 0 aliphatic carbocycles. The summed E-state index contributed by atoms with van der Waals surface area (Å²) in [6.07, 6.45) is -2.46. The van der Waals surface area contributed by atoms with Crippen LogP contribution in [0.4, 0.5) is 17.6 Å². The zero-order chi connectivity index (χ0) is 25.9. The summed E-state index contributed by atoms with van der Waals surface area (Å²) in [6.45, 7) is 3.55. The van der Waals surface area contributed by atoms with Crippen LogP contribution in [0.3, 0.4) is 0 Å². The molecule has 2 fully saturated rings. The molecule has 3 aromatic heterocycles. The van der Waals surface area contributed by atoms with Gasteiger partial charge in [0.25, 0.3) is 11.8 Å². The number of halogens is 4. The number of rotatable bonds is 4. The topological polar surface area (TPSA) is 119 Å². The molecule has 0 bridgehead atoms. The maximum absolute atomic E-state index is 13.6. The highest BCUT2D eigenvalue weighted by atomic mass is 19.4. The van der Waals surface area contributed by atoms with Gasteiger partial charge in [-0.3, -0.25) is 14.2 Å². The predicted octanol–water partition coefficient (Wildman–Crippen LogP) is 1.25. The smallest absolute Gasteiger partial charge is 0.335 e. The first-order chi connectivity index (χ1) is 17.0. The lowest BCUT2D eigenvalue weighted by Gasteiger charge is -2.39. The number of hydrogen-bond acceptors (Lipinski definition) is 6. The Balaban J connectivity index is 1.65. The lowest BCUT2D eigenvalue weighted by atomic mass is 10.1. The van der Waals surface area contributed by atoms with Crippen molar-refractivity contribution in [1.82, 2.24) is 28.9 Å². The minimum atomic E-state index is -4.67. The van der Waals surface area contributed by atoms with Crippen LogP contribution in [0.15, 0.2) is 47.8 Å². The maximum atomic E-state index is 13.6. The van der Waals surface area contributed by atoms with Crippen molar-refractivity contribution in [2.75, 3.05) is 26.2 Å². The van der Waals surface area contributed by atoms with Crippen molar-refractivity contribution in [3.8, 4) is 5.69 Å². The summed E-state index contributed by atoms with van der Waals surface area (Å²) in [5, 5.41) is 0. The Morgan fingerprint density at radius 3 is 2.31 bits per heavy atom. The molecular formula is C22H19F4N7O3. The molecule has 2 aliphatic heterocycles. The van der Waals surface area contributed by atoms with Crippen LogP contribution in [0, 0.1) is 0 Å². The number of nitrogens with two attached hydrogens (primary N) is 1. The molecule has 2 saturated heterocycles. The highest BCUT2D eigenvalue weighted by Gasteiger charge is 2.38. The van der Waals surface area contributed by atoms with Crippen molar-refractivity contribution in [2.45, 2.75) is 18.3 Å². The number of likely N-dealkylation sites (tertiary alicyclic amines) is 2. The van der Waals surface area contributed by atoms with Crippen molar-refractivity contribution < 1.29 is 27.2 Å². The second-order valence-corrected chi connectivity index (χ2v) is 8.66. The third-order valence-corrected chi connectivity index (χ3v) is 6.23. The van der Waals surface area contributed by atoms with Crippen LogP contribution in [0.5, 0.6) is 0 Å².